The van der Waals surface area contributed by atoms with E-state index in [0.29, 0.717) is 0 Å². The molecule has 2 nitrogen and oxygen atoms in total. The normalized spacial score (nSPS) is 10.5. The Morgan fingerprint density at radius 1 is 1.29 bits per heavy atom. The highest BCUT2D eigenvalue weighted by Gasteiger charge is 2.05. The number of halogens is 1. The summed E-state index contributed by atoms with van der Waals surface area (Å²) in [6.07, 6.45) is 3.70. The number of nitrogens with one attached hydrogen (secondary N) is 1. The van der Waals surface area contributed by atoms with E-state index in [1.807, 2.05) is 37.6 Å². The van der Waals surface area contributed by atoms with Crippen LogP contribution in [0.25, 0.3) is 11.1 Å². The predicted octanol–water partition coefficient (Wildman–Crippen LogP) is 3.43. The lowest BCUT2D eigenvalue weighted by atomic mass is 10.0. The minimum Gasteiger partial charge on any atom is -0.316 e. The van der Waals surface area contributed by atoms with Gasteiger partial charge in [0.25, 0.3) is 0 Å². The molecule has 2 rings (SSSR count). The molecule has 88 valence electrons. The van der Waals surface area contributed by atoms with Gasteiger partial charge in [0.1, 0.15) is 0 Å². The van der Waals surface area contributed by atoms with Crippen LogP contribution in [0.5, 0.6) is 0 Å². The van der Waals surface area contributed by atoms with E-state index in [1.165, 1.54) is 5.56 Å². The van der Waals surface area contributed by atoms with Gasteiger partial charge >= 0.3 is 0 Å². The minimum atomic E-state index is 0.770. The average Bonchev–Trinajstić information content (AvgIpc) is 2.33. The van der Waals surface area contributed by atoms with E-state index in [1.54, 1.807) is 0 Å². The van der Waals surface area contributed by atoms with Crippen molar-refractivity contribution in [3.63, 3.8) is 0 Å². The van der Waals surface area contributed by atoms with Crippen molar-refractivity contribution < 1.29 is 0 Å². The molecule has 0 saturated carbocycles. The molecule has 0 aliphatic heterocycles. The topological polar surface area (TPSA) is 24.9 Å². The largest absolute Gasteiger partial charge is 0.316 e. The first-order chi connectivity index (χ1) is 8.22. The van der Waals surface area contributed by atoms with Crippen LogP contribution < -0.4 is 5.32 Å². The highest BCUT2D eigenvalue weighted by atomic mass is 35.5. The summed E-state index contributed by atoms with van der Waals surface area (Å²) in [5.74, 6) is 0. The van der Waals surface area contributed by atoms with E-state index in [-0.39, 0.29) is 0 Å². The lowest BCUT2D eigenvalue weighted by molar-refractivity contribution is 0.818. The first-order valence-corrected chi connectivity index (χ1v) is 5.94. The van der Waals surface area contributed by atoms with E-state index in [9.17, 15) is 0 Å². The Morgan fingerprint density at radius 3 is 2.82 bits per heavy atom. The second kappa shape index (κ2) is 5.30. The van der Waals surface area contributed by atoms with Crippen LogP contribution in [0.2, 0.25) is 5.02 Å². The SMILES string of the molecule is CNCc1cc(-c2cnccc2C)ccc1Cl. The van der Waals surface area contributed by atoms with Gasteiger partial charge in [-0.15, -0.1) is 0 Å². The molecule has 0 aliphatic carbocycles. The first kappa shape index (κ1) is 12.1. The second-order valence-corrected chi connectivity index (χ2v) is 4.43. The first-order valence-electron chi connectivity index (χ1n) is 5.56. The fourth-order valence-electron chi connectivity index (χ4n) is 1.83. The van der Waals surface area contributed by atoms with Gasteiger partial charge in [0.05, 0.1) is 0 Å². The molecule has 0 radical (unpaired) electrons. The molecule has 1 aromatic carbocycles. The van der Waals surface area contributed by atoms with Crippen molar-refractivity contribution in [3.05, 3.63) is 52.8 Å². The van der Waals surface area contributed by atoms with Crippen LogP contribution in [0.1, 0.15) is 11.1 Å². The Morgan fingerprint density at radius 2 is 2.12 bits per heavy atom. The van der Waals surface area contributed by atoms with Gasteiger partial charge in [-0.1, -0.05) is 17.7 Å². The molecule has 1 N–H and O–H groups in total. The monoisotopic (exact) mass is 246 g/mol. The van der Waals surface area contributed by atoms with Gasteiger partial charge in [-0.3, -0.25) is 4.98 Å². The third kappa shape index (κ3) is 2.65. The van der Waals surface area contributed by atoms with Crippen LogP contribution in [-0.4, -0.2) is 12.0 Å². The zero-order chi connectivity index (χ0) is 12.3. The quantitative estimate of drug-likeness (QED) is 0.898. The van der Waals surface area contributed by atoms with Crippen molar-refractivity contribution in [2.75, 3.05) is 7.05 Å². The molecule has 0 atom stereocenters. The lowest BCUT2D eigenvalue weighted by Gasteiger charge is -2.09. The van der Waals surface area contributed by atoms with E-state index in [0.717, 1.165) is 28.3 Å². The van der Waals surface area contributed by atoms with Crippen LogP contribution in [0.4, 0.5) is 0 Å². The van der Waals surface area contributed by atoms with Crippen LogP contribution in [0, 0.1) is 6.92 Å². The molecular formula is C14H15ClN2. The van der Waals surface area contributed by atoms with Crippen LogP contribution in [0.3, 0.4) is 0 Å². The van der Waals surface area contributed by atoms with Crippen molar-refractivity contribution in [2.24, 2.45) is 0 Å². The maximum Gasteiger partial charge on any atom is 0.0451 e. The maximum absolute atomic E-state index is 6.15. The van der Waals surface area contributed by atoms with Crippen LogP contribution in [-0.2, 0) is 6.54 Å². The molecule has 0 amide bonds. The molecular weight excluding hydrogens is 232 g/mol. The summed E-state index contributed by atoms with van der Waals surface area (Å²) >= 11 is 6.15. The summed E-state index contributed by atoms with van der Waals surface area (Å²) in [6, 6.07) is 8.10. The fourth-order valence-corrected chi connectivity index (χ4v) is 2.02. The third-order valence-electron chi connectivity index (χ3n) is 2.76. The van der Waals surface area contributed by atoms with Crippen molar-refractivity contribution in [1.82, 2.24) is 10.3 Å². The van der Waals surface area contributed by atoms with Gasteiger partial charge in [-0.05, 0) is 48.9 Å². The van der Waals surface area contributed by atoms with Gasteiger partial charge in [0.2, 0.25) is 0 Å². The Balaban J connectivity index is 2.46. The maximum atomic E-state index is 6.15. The van der Waals surface area contributed by atoms with Crippen molar-refractivity contribution in [3.8, 4) is 11.1 Å². The van der Waals surface area contributed by atoms with Crippen molar-refractivity contribution >= 4 is 11.6 Å². The molecule has 17 heavy (non-hydrogen) atoms. The average molecular weight is 247 g/mol. The minimum absolute atomic E-state index is 0.770. The number of rotatable bonds is 3. The summed E-state index contributed by atoms with van der Waals surface area (Å²) in [7, 11) is 1.92. The van der Waals surface area contributed by atoms with Gasteiger partial charge in [-0.2, -0.15) is 0 Å². The van der Waals surface area contributed by atoms with E-state index < -0.39 is 0 Å². The number of pyridine rings is 1. The van der Waals surface area contributed by atoms with Gasteiger partial charge in [0, 0.05) is 29.5 Å². The standard InChI is InChI=1S/C14H15ClN2/c1-10-5-6-17-9-13(10)11-3-4-14(15)12(7-11)8-16-2/h3-7,9,16H,8H2,1-2H3. The molecule has 3 heteroatoms. The highest BCUT2D eigenvalue weighted by molar-refractivity contribution is 6.31. The van der Waals surface area contributed by atoms with Gasteiger partial charge in [-0.25, -0.2) is 0 Å². The molecule has 0 spiro atoms. The van der Waals surface area contributed by atoms with E-state index in [4.69, 9.17) is 11.6 Å². The molecule has 0 bridgehead atoms. The zero-order valence-electron chi connectivity index (χ0n) is 10.00. The zero-order valence-corrected chi connectivity index (χ0v) is 10.8. The summed E-state index contributed by atoms with van der Waals surface area (Å²) in [4.78, 5) is 4.17. The number of nitrogens with zero attached hydrogens (tertiary/aromatic N) is 1. The number of benzene rings is 1. The third-order valence-corrected chi connectivity index (χ3v) is 3.13. The Hall–Kier alpha value is -1.38. The highest BCUT2D eigenvalue weighted by Crippen LogP contribution is 2.26. The van der Waals surface area contributed by atoms with Crippen LogP contribution in [0.15, 0.2) is 36.7 Å². The van der Waals surface area contributed by atoms with E-state index in [2.05, 4.69) is 23.3 Å². The molecule has 2 aromatic rings. The van der Waals surface area contributed by atoms with Crippen LogP contribution >= 0.6 is 11.6 Å². The molecule has 1 aromatic heterocycles. The van der Waals surface area contributed by atoms with E-state index >= 15 is 0 Å². The second-order valence-electron chi connectivity index (χ2n) is 4.03. The Bertz CT molecular complexity index is 523. The fraction of sp³-hybridized carbons (Fsp3) is 0.214. The Kier molecular flexibility index (Phi) is 3.77. The molecule has 0 fully saturated rings. The predicted molar refractivity (Wildman–Crippen MR) is 72.2 cm³/mol. The molecule has 0 saturated heterocycles. The number of hydrogen-bond acceptors (Lipinski definition) is 2. The summed E-state index contributed by atoms with van der Waals surface area (Å²) in [5, 5.41) is 3.91. The molecule has 0 aliphatic rings. The Labute approximate surface area is 107 Å². The molecule has 1 heterocycles. The number of aryl methyl sites for hydroxylation is 1. The number of aromatic nitrogens is 1. The smallest absolute Gasteiger partial charge is 0.0451 e. The van der Waals surface area contributed by atoms with Crippen molar-refractivity contribution in [2.45, 2.75) is 13.5 Å². The van der Waals surface area contributed by atoms with Crippen molar-refractivity contribution in [1.29, 1.82) is 0 Å². The number of hydrogen-bond donors (Lipinski definition) is 1. The lowest BCUT2D eigenvalue weighted by Crippen LogP contribution is -2.05. The van der Waals surface area contributed by atoms with Gasteiger partial charge in [0.15, 0.2) is 0 Å². The van der Waals surface area contributed by atoms with Gasteiger partial charge < -0.3 is 5.32 Å². The summed E-state index contributed by atoms with van der Waals surface area (Å²) in [5.41, 5.74) is 4.64. The molecule has 0 unspecified atom stereocenters. The summed E-state index contributed by atoms with van der Waals surface area (Å²) in [6.45, 7) is 2.86. The summed E-state index contributed by atoms with van der Waals surface area (Å²) < 4.78 is 0.